The molecule has 1 saturated heterocycles. The monoisotopic (exact) mass is 412 g/mol. The Balaban J connectivity index is 1.49. The second-order valence-electron chi connectivity index (χ2n) is 8.27. The van der Waals surface area contributed by atoms with Gasteiger partial charge in [-0.05, 0) is 24.0 Å². The number of nitrogens with zero attached hydrogens (tertiary/aromatic N) is 4. The van der Waals surface area contributed by atoms with Gasteiger partial charge in [-0.3, -0.25) is 4.90 Å². The molecule has 0 spiro atoms. The van der Waals surface area contributed by atoms with Crippen molar-refractivity contribution in [2.75, 3.05) is 39.3 Å². The van der Waals surface area contributed by atoms with Crippen LogP contribution in [0.1, 0.15) is 31.9 Å². The molecule has 1 fully saturated rings. The number of aromatic nitrogens is 2. The molecule has 1 unspecified atom stereocenters. The molecule has 0 amide bonds. The van der Waals surface area contributed by atoms with Gasteiger partial charge in [-0.25, -0.2) is 9.98 Å². The number of aliphatic imine (C=N–C) groups is 1. The largest absolute Gasteiger partial charge is 0.374 e. The highest BCUT2D eigenvalue weighted by Crippen LogP contribution is 2.09. The molecule has 1 aliphatic rings. The standard InChI is InChI=1S/C23H36N6O/c1-4-25-23(27-14-22-17-28(11-12-30-22)15-19(2)3)26-13-20-5-7-21(8-6-20)16-29-10-9-24-18-29/h5-10,18-19,22H,4,11-17H2,1-3H3,(H2,25,26,27). The number of hydrogen-bond acceptors (Lipinski definition) is 4. The number of benzene rings is 1. The number of guanidine groups is 1. The van der Waals surface area contributed by atoms with E-state index in [1.165, 1.54) is 11.1 Å². The number of imidazole rings is 1. The summed E-state index contributed by atoms with van der Waals surface area (Å²) in [5.74, 6) is 1.52. The van der Waals surface area contributed by atoms with Crippen LogP contribution >= 0.6 is 0 Å². The SMILES string of the molecule is CCNC(=NCc1ccc(Cn2ccnc2)cc1)NCC1CN(CC(C)C)CCO1. The van der Waals surface area contributed by atoms with Gasteiger partial charge in [0.05, 0.1) is 25.6 Å². The molecule has 2 aromatic rings. The fourth-order valence-corrected chi connectivity index (χ4v) is 3.65. The van der Waals surface area contributed by atoms with Gasteiger partial charge in [0.2, 0.25) is 0 Å². The molecule has 7 heteroatoms. The smallest absolute Gasteiger partial charge is 0.191 e. The van der Waals surface area contributed by atoms with E-state index in [0.29, 0.717) is 12.5 Å². The summed E-state index contributed by atoms with van der Waals surface area (Å²) >= 11 is 0. The van der Waals surface area contributed by atoms with Crippen molar-refractivity contribution in [3.05, 3.63) is 54.1 Å². The lowest BCUT2D eigenvalue weighted by molar-refractivity contribution is -0.0284. The number of morpholine rings is 1. The fraction of sp³-hybridized carbons (Fsp3) is 0.565. The molecule has 0 radical (unpaired) electrons. The zero-order valence-electron chi connectivity index (χ0n) is 18.6. The van der Waals surface area contributed by atoms with Crippen molar-refractivity contribution in [2.45, 2.75) is 40.0 Å². The van der Waals surface area contributed by atoms with Gasteiger partial charge in [0.1, 0.15) is 0 Å². The van der Waals surface area contributed by atoms with Crippen LogP contribution in [0.3, 0.4) is 0 Å². The van der Waals surface area contributed by atoms with Crippen molar-refractivity contribution in [1.29, 1.82) is 0 Å². The summed E-state index contributed by atoms with van der Waals surface area (Å²) in [5.41, 5.74) is 2.45. The van der Waals surface area contributed by atoms with Crippen LogP contribution in [0.2, 0.25) is 0 Å². The third-order valence-electron chi connectivity index (χ3n) is 5.05. The van der Waals surface area contributed by atoms with E-state index < -0.39 is 0 Å². The molecule has 1 atom stereocenters. The second kappa shape index (κ2) is 11.7. The summed E-state index contributed by atoms with van der Waals surface area (Å²) in [7, 11) is 0. The zero-order valence-corrected chi connectivity index (χ0v) is 18.6. The molecule has 0 saturated carbocycles. The van der Waals surface area contributed by atoms with Gasteiger partial charge in [0, 0.05) is 51.7 Å². The first-order chi connectivity index (χ1) is 14.6. The normalized spacial score (nSPS) is 18.0. The average Bonchev–Trinajstić information content (AvgIpc) is 3.24. The van der Waals surface area contributed by atoms with Gasteiger partial charge in [0.15, 0.2) is 5.96 Å². The zero-order chi connectivity index (χ0) is 21.2. The second-order valence-corrected chi connectivity index (χ2v) is 8.27. The molecule has 0 bridgehead atoms. The molecular weight excluding hydrogens is 376 g/mol. The van der Waals surface area contributed by atoms with E-state index in [4.69, 9.17) is 9.73 Å². The summed E-state index contributed by atoms with van der Waals surface area (Å²) in [6.45, 7) is 13.6. The molecule has 2 heterocycles. The molecule has 1 aromatic heterocycles. The summed E-state index contributed by atoms with van der Waals surface area (Å²) in [4.78, 5) is 11.3. The summed E-state index contributed by atoms with van der Waals surface area (Å²) in [6, 6.07) is 8.61. The minimum atomic E-state index is 0.198. The van der Waals surface area contributed by atoms with E-state index in [1.54, 1.807) is 6.20 Å². The highest BCUT2D eigenvalue weighted by atomic mass is 16.5. The van der Waals surface area contributed by atoms with E-state index >= 15 is 0 Å². The molecule has 2 N–H and O–H groups in total. The maximum absolute atomic E-state index is 5.94. The van der Waals surface area contributed by atoms with Crippen LogP contribution in [0, 0.1) is 5.92 Å². The Labute approximate surface area is 180 Å². The van der Waals surface area contributed by atoms with Gasteiger partial charge < -0.3 is 19.9 Å². The maximum Gasteiger partial charge on any atom is 0.191 e. The van der Waals surface area contributed by atoms with Crippen molar-refractivity contribution >= 4 is 5.96 Å². The number of nitrogens with one attached hydrogen (secondary N) is 2. The summed E-state index contributed by atoms with van der Waals surface area (Å²) in [6.07, 6.45) is 5.82. The van der Waals surface area contributed by atoms with Crippen LogP contribution in [0.15, 0.2) is 48.0 Å². The predicted octanol–water partition coefficient (Wildman–Crippen LogP) is 2.34. The van der Waals surface area contributed by atoms with E-state index in [0.717, 1.165) is 51.8 Å². The minimum absolute atomic E-state index is 0.198. The Morgan fingerprint density at radius 1 is 1.23 bits per heavy atom. The molecule has 1 aromatic carbocycles. The molecular formula is C23H36N6O. The Hall–Kier alpha value is -2.38. The van der Waals surface area contributed by atoms with E-state index in [9.17, 15) is 0 Å². The Morgan fingerprint density at radius 2 is 2.03 bits per heavy atom. The van der Waals surface area contributed by atoms with E-state index in [-0.39, 0.29) is 6.10 Å². The Kier molecular flexibility index (Phi) is 8.71. The molecule has 0 aliphatic carbocycles. The first-order valence-electron chi connectivity index (χ1n) is 11.0. The highest BCUT2D eigenvalue weighted by Gasteiger charge is 2.21. The Morgan fingerprint density at radius 3 is 2.73 bits per heavy atom. The summed E-state index contributed by atoms with van der Waals surface area (Å²) < 4.78 is 8.01. The predicted molar refractivity (Wildman–Crippen MR) is 122 cm³/mol. The van der Waals surface area contributed by atoms with Crippen molar-refractivity contribution in [1.82, 2.24) is 25.1 Å². The van der Waals surface area contributed by atoms with Crippen LogP contribution in [0.5, 0.6) is 0 Å². The number of hydrogen-bond donors (Lipinski definition) is 2. The van der Waals surface area contributed by atoms with Crippen molar-refractivity contribution < 1.29 is 4.74 Å². The fourth-order valence-electron chi connectivity index (χ4n) is 3.65. The van der Waals surface area contributed by atoms with Gasteiger partial charge in [-0.15, -0.1) is 0 Å². The van der Waals surface area contributed by atoms with Gasteiger partial charge in [0.25, 0.3) is 0 Å². The summed E-state index contributed by atoms with van der Waals surface area (Å²) in [5, 5.41) is 6.79. The highest BCUT2D eigenvalue weighted by molar-refractivity contribution is 5.79. The minimum Gasteiger partial charge on any atom is -0.374 e. The molecule has 7 nitrogen and oxygen atoms in total. The maximum atomic E-state index is 5.94. The van der Waals surface area contributed by atoms with Crippen LogP contribution in [0.4, 0.5) is 0 Å². The van der Waals surface area contributed by atoms with Crippen LogP contribution in [0.25, 0.3) is 0 Å². The third kappa shape index (κ3) is 7.46. The van der Waals surface area contributed by atoms with Crippen molar-refractivity contribution in [3.8, 4) is 0 Å². The first kappa shape index (κ1) is 22.3. The van der Waals surface area contributed by atoms with Gasteiger partial charge in [-0.1, -0.05) is 38.1 Å². The quantitative estimate of drug-likeness (QED) is 0.489. The van der Waals surface area contributed by atoms with Crippen molar-refractivity contribution in [2.24, 2.45) is 10.9 Å². The van der Waals surface area contributed by atoms with Crippen molar-refractivity contribution in [3.63, 3.8) is 0 Å². The van der Waals surface area contributed by atoms with Crippen LogP contribution in [-0.2, 0) is 17.8 Å². The lowest BCUT2D eigenvalue weighted by Gasteiger charge is -2.34. The molecule has 164 valence electrons. The molecule has 30 heavy (non-hydrogen) atoms. The van der Waals surface area contributed by atoms with Gasteiger partial charge in [-0.2, -0.15) is 0 Å². The lowest BCUT2D eigenvalue weighted by atomic mass is 10.1. The van der Waals surface area contributed by atoms with Crippen LogP contribution < -0.4 is 10.6 Å². The number of rotatable bonds is 9. The Bertz CT molecular complexity index is 757. The molecule has 3 rings (SSSR count). The number of ether oxygens (including phenoxy) is 1. The molecule has 1 aliphatic heterocycles. The van der Waals surface area contributed by atoms with E-state index in [2.05, 4.69) is 70.1 Å². The van der Waals surface area contributed by atoms with E-state index in [1.807, 2.05) is 12.5 Å². The topological polar surface area (TPSA) is 66.7 Å². The average molecular weight is 413 g/mol. The first-order valence-corrected chi connectivity index (χ1v) is 11.0. The van der Waals surface area contributed by atoms with Gasteiger partial charge >= 0.3 is 0 Å². The lowest BCUT2D eigenvalue weighted by Crippen LogP contribution is -2.50. The van der Waals surface area contributed by atoms with Crippen LogP contribution in [-0.4, -0.2) is 65.8 Å². The third-order valence-corrected chi connectivity index (χ3v) is 5.05.